The molecular weight excluding hydrogens is 424 g/mol. The number of alkyl halides is 2. The number of hydrogen-bond acceptors (Lipinski definition) is 6. The molecule has 8 heteroatoms. The van der Waals surface area contributed by atoms with Crippen LogP contribution in [0.15, 0.2) is 40.7 Å². The van der Waals surface area contributed by atoms with Gasteiger partial charge in [-0.1, -0.05) is 52.4 Å². The van der Waals surface area contributed by atoms with Crippen LogP contribution in [0.5, 0.6) is 0 Å². The van der Waals surface area contributed by atoms with E-state index in [0.29, 0.717) is 19.1 Å². The molecule has 0 amide bonds. The summed E-state index contributed by atoms with van der Waals surface area (Å²) in [5.41, 5.74) is 19.2. The first-order chi connectivity index (χ1) is 15.5. The number of nitrogens with two attached hydrogens (primary N) is 3. The molecule has 1 aliphatic carbocycles. The van der Waals surface area contributed by atoms with Crippen molar-refractivity contribution in [1.29, 1.82) is 0 Å². The minimum Gasteiger partial charge on any atom is -0.398 e. The summed E-state index contributed by atoms with van der Waals surface area (Å²) in [6, 6.07) is 4.06. The van der Waals surface area contributed by atoms with Crippen molar-refractivity contribution in [3.63, 3.8) is 0 Å². The van der Waals surface area contributed by atoms with E-state index in [2.05, 4.69) is 24.2 Å². The highest BCUT2D eigenvalue weighted by atomic mass is 19.3. The normalized spacial score (nSPS) is 14.8. The summed E-state index contributed by atoms with van der Waals surface area (Å²) in [7, 11) is 3.67. The zero-order valence-corrected chi connectivity index (χ0v) is 20.6. The molecule has 186 valence electrons. The van der Waals surface area contributed by atoms with Gasteiger partial charge in [-0.05, 0) is 35.8 Å². The van der Waals surface area contributed by atoms with Gasteiger partial charge in [-0.15, -0.1) is 0 Å². The molecule has 0 atom stereocenters. The van der Waals surface area contributed by atoms with E-state index in [-0.39, 0.29) is 5.70 Å². The Hall–Kier alpha value is -2.90. The number of nitrogens with zero attached hydrogens (tertiary/aromatic N) is 1. The Kier molecular flexibility index (Phi) is 14.4. The maximum atomic E-state index is 12.3. The van der Waals surface area contributed by atoms with E-state index in [1.54, 1.807) is 13.3 Å². The molecule has 1 aliphatic rings. The molecule has 0 aromatic heterocycles. The van der Waals surface area contributed by atoms with Gasteiger partial charge in [0.25, 0.3) is 5.92 Å². The van der Waals surface area contributed by atoms with Gasteiger partial charge in [0.05, 0.1) is 11.4 Å². The monoisotopic (exact) mass is 465 g/mol. The number of hydrogen-bond donors (Lipinski definition) is 4. The molecule has 0 heterocycles. The van der Waals surface area contributed by atoms with Crippen LogP contribution in [0, 0.1) is 0 Å². The van der Waals surface area contributed by atoms with Gasteiger partial charge >= 0.3 is 0 Å². The van der Waals surface area contributed by atoms with Crippen LogP contribution in [-0.2, 0) is 4.79 Å². The quantitative estimate of drug-likeness (QED) is 0.148. The third-order valence-electron chi connectivity index (χ3n) is 5.01. The second-order valence-electron chi connectivity index (χ2n) is 8.28. The molecule has 0 spiro atoms. The van der Waals surface area contributed by atoms with Crippen LogP contribution in [-0.4, -0.2) is 32.5 Å². The molecule has 0 radical (unpaired) electrons. The predicted octanol–water partition coefficient (Wildman–Crippen LogP) is 5.35. The van der Waals surface area contributed by atoms with Crippen LogP contribution in [0.2, 0.25) is 0 Å². The number of allylic oxidation sites excluding steroid dienone is 4. The van der Waals surface area contributed by atoms with E-state index in [1.165, 1.54) is 44.1 Å². The summed E-state index contributed by atoms with van der Waals surface area (Å²) in [5.74, 6) is -2.62. The largest absolute Gasteiger partial charge is 0.398 e. The maximum Gasteiger partial charge on any atom is 0.284 e. The fourth-order valence-corrected chi connectivity index (χ4v) is 3.03. The second kappa shape index (κ2) is 15.8. The molecule has 1 saturated carbocycles. The van der Waals surface area contributed by atoms with Gasteiger partial charge in [-0.25, -0.2) is 8.78 Å². The van der Waals surface area contributed by atoms with Gasteiger partial charge in [0.1, 0.15) is 0 Å². The number of aldehydes is 1. The summed E-state index contributed by atoms with van der Waals surface area (Å²) in [5, 5.41) is 3.19. The van der Waals surface area contributed by atoms with Crippen molar-refractivity contribution in [1.82, 2.24) is 0 Å². The highest BCUT2D eigenvalue weighted by Crippen LogP contribution is 2.28. The number of carbonyl (C=O) groups is 1. The molecular formula is C25H41F2N5O. The van der Waals surface area contributed by atoms with Gasteiger partial charge in [0, 0.05) is 44.2 Å². The second-order valence-corrected chi connectivity index (χ2v) is 8.28. The molecule has 2 rings (SSSR count). The number of nitrogen functional groups attached to an aromatic ring is 1. The molecule has 7 N–H and O–H groups in total. The number of halogens is 2. The topological polar surface area (TPSA) is 120 Å². The molecule has 0 saturated heterocycles. The van der Waals surface area contributed by atoms with Gasteiger partial charge in [-0.3, -0.25) is 9.79 Å². The Bertz CT molecular complexity index is 796. The van der Waals surface area contributed by atoms with E-state index in [4.69, 9.17) is 17.2 Å². The summed E-state index contributed by atoms with van der Waals surface area (Å²) in [6.07, 6.45) is 13.1. The average molecular weight is 466 g/mol. The third-order valence-corrected chi connectivity index (χ3v) is 5.01. The molecule has 33 heavy (non-hydrogen) atoms. The van der Waals surface area contributed by atoms with E-state index in [9.17, 15) is 13.6 Å². The number of carbonyl (C=O) groups excluding carboxylic acids is 1. The molecule has 1 fully saturated rings. The predicted molar refractivity (Wildman–Crippen MR) is 137 cm³/mol. The van der Waals surface area contributed by atoms with Crippen molar-refractivity contribution < 1.29 is 13.6 Å². The van der Waals surface area contributed by atoms with Crippen molar-refractivity contribution in [2.75, 3.05) is 25.1 Å². The Morgan fingerprint density at radius 3 is 1.97 bits per heavy atom. The fourth-order valence-electron chi connectivity index (χ4n) is 3.03. The Morgan fingerprint density at radius 1 is 1.09 bits per heavy atom. The SMILES string of the molecule is C1CCCCC1.CC(F)(F)/C(N)=C/C=C(\N)C=O.CN=Cc1cc(NC)c(C(C)C)cc1N. The van der Waals surface area contributed by atoms with E-state index in [1.807, 2.05) is 19.2 Å². The average Bonchev–Trinajstić information content (AvgIpc) is 2.79. The van der Waals surface area contributed by atoms with Gasteiger partial charge in [0.2, 0.25) is 0 Å². The minimum atomic E-state index is -3.08. The number of rotatable bonds is 6. The van der Waals surface area contributed by atoms with Crippen molar-refractivity contribution >= 4 is 23.9 Å². The lowest BCUT2D eigenvalue weighted by Crippen LogP contribution is -2.20. The smallest absolute Gasteiger partial charge is 0.284 e. The van der Waals surface area contributed by atoms with E-state index >= 15 is 0 Å². The number of aliphatic imine (C=N–C) groups is 1. The number of nitrogens with one attached hydrogen (secondary N) is 1. The van der Waals surface area contributed by atoms with Crippen LogP contribution in [0.3, 0.4) is 0 Å². The lowest BCUT2D eigenvalue weighted by atomic mass is 9.98. The third kappa shape index (κ3) is 12.7. The van der Waals surface area contributed by atoms with E-state index < -0.39 is 11.6 Å². The molecule has 1 aromatic carbocycles. The number of benzene rings is 1. The first-order valence-electron chi connectivity index (χ1n) is 11.3. The van der Waals surface area contributed by atoms with Crippen molar-refractivity contribution in [2.45, 2.75) is 71.1 Å². The summed E-state index contributed by atoms with van der Waals surface area (Å²) >= 11 is 0. The molecule has 0 unspecified atom stereocenters. The first-order valence-corrected chi connectivity index (χ1v) is 11.3. The molecule has 1 aromatic rings. The van der Waals surface area contributed by atoms with E-state index in [0.717, 1.165) is 29.1 Å². The Labute approximate surface area is 197 Å². The van der Waals surface area contributed by atoms with Crippen LogP contribution in [0.1, 0.15) is 76.3 Å². The molecule has 0 bridgehead atoms. The molecule has 0 aliphatic heterocycles. The summed E-state index contributed by atoms with van der Waals surface area (Å²) < 4.78 is 24.6. The van der Waals surface area contributed by atoms with Crippen molar-refractivity contribution in [3.8, 4) is 0 Å². The Morgan fingerprint density at radius 2 is 1.61 bits per heavy atom. The van der Waals surface area contributed by atoms with Crippen LogP contribution in [0.25, 0.3) is 0 Å². The fraction of sp³-hybridized carbons (Fsp3) is 0.520. The number of anilines is 2. The van der Waals surface area contributed by atoms with Crippen molar-refractivity contribution in [2.24, 2.45) is 16.5 Å². The highest BCUT2D eigenvalue weighted by Gasteiger charge is 2.23. The zero-order chi connectivity index (χ0) is 25.4. The first kappa shape index (κ1) is 30.1. The highest BCUT2D eigenvalue weighted by molar-refractivity contribution is 5.89. The van der Waals surface area contributed by atoms with Crippen LogP contribution >= 0.6 is 0 Å². The summed E-state index contributed by atoms with van der Waals surface area (Å²) in [4.78, 5) is 13.9. The lowest BCUT2D eigenvalue weighted by molar-refractivity contribution is -0.104. The Balaban J connectivity index is 0.000000505. The van der Waals surface area contributed by atoms with Gasteiger partial charge < -0.3 is 22.5 Å². The standard InChI is InChI=1S/C12H19N3.C7H10F2N2O.C6H12/c1-8(2)10-6-11(13)9(7-14-3)5-12(10)15-4;1-7(8,9)6(11)3-2-5(10)4-12;1-2-4-6-5-3-1/h5-8,15H,13H2,1-4H3;2-4H,10-11H2,1H3;1-6H2/b;5-2-,6-3-;. The maximum absolute atomic E-state index is 12.3. The minimum absolute atomic E-state index is 0.151. The van der Waals surface area contributed by atoms with Gasteiger partial charge in [0.15, 0.2) is 6.29 Å². The van der Waals surface area contributed by atoms with Gasteiger partial charge in [-0.2, -0.15) is 0 Å². The molecule has 6 nitrogen and oxygen atoms in total. The van der Waals surface area contributed by atoms with Crippen LogP contribution < -0.4 is 22.5 Å². The zero-order valence-electron chi connectivity index (χ0n) is 20.6. The summed E-state index contributed by atoms with van der Waals surface area (Å²) in [6.45, 7) is 4.97. The van der Waals surface area contributed by atoms with Crippen LogP contribution in [0.4, 0.5) is 20.2 Å². The lowest BCUT2D eigenvalue weighted by Gasteiger charge is -2.14. The van der Waals surface area contributed by atoms with Crippen molar-refractivity contribution in [3.05, 3.63) is 46.8 Å².